The van der Waals surface area contributed by atoms with Gasteiger partial charge in [-0.1, -0.05) is 62.7 Å². The van der Waals surface area contributed by atoms with Crippen molar-refractivity contribution in [1.29, 1.82) is 0 Å². The summed E-state index contributed by atoms with van der Waals surface area (Å²) in [6.45, 7) is 9.84. The maximum absolute atomic E-state index is 14.9. The number of aromatic nitrogens is 1. The highest BCUT2D eigenvalue weighted by Gasteiger charge is 2.42. The summed E-state index contributed by atoms with van der Waals surface area (Å²) >= 11 is 6.71. The van der Waals surface area contributed by atoms with Gasteiger partial charge in [0.05, 0.1) is 22.0 Å². The minimum Gasteiger partial charge on any atom is -0.465 e. The first-order chi connectivity index (χ1) is 19.2. The van der Waals surface area contributed by atoms with Gasteiger partial charge in [-0.2, -0.15) is 8.42 Å². The number of carbonyl (C=O) groups is 1. The molecule has 1 amide bonds. The fourth-order valence-corrected chi connectivity index (χ4v) is 6.89. The third kappa shape index (κ3) is 5.12. The van der Waals surface area contributed by atoms with Crippen LogP contribution in [0.25, 0.3) is 11.3 Å². The number of para-hydroxylation sites is 1. The van der Waals surface area contributed by atoms with E-state index in [2.05, 4.69) is 4.40 Å². The Bertz CT molecular complexity index is 1670. The molecule has 2 atom stereocenters. The number of amides is 1. The number of hydrogen-bond acceptors (Lipinski definition) is 5. The third-order valence-corrected chi connectivity index (χ3v) is 8.91. The second kappa shape index (κ2) is 10.3. The van der Waals surface area contributed by atoms with Crippen molar-refractivity contribution in [3.63, 3.8) is 0 Å². The molecule has 0 aliphatic carbocycles. The topological polar surface area (TPSA) is 106 Å². The van der Waals surface area contributed by atoms with Crippen LogP contribution in [-0.4, -0.2) is 65.4 Å². The molecule has 1 saturated heterocycles. The number of anilines is 2. The zero-order chi connectivity index (χ0) is 29.9. The molecule has 216 valence electrons. The van der Waals surface area contributed by atoms with Crippen LogP contribution in [0.5, 0.6) is 0 Å². The zero-order valence-electron chi connectivity index (χ0n) is 23.3. The minimum absolute atomic E-state index is 0.0369. The number of pyridine rings is 1. The Morgan fingerprint density at radius 3 is 2.34 bits per heavy atom. The second-order valence-corrected chi connectivity index (χ2v) is 13.2. The predicted octanol–water partition coefficient (Wildman–Crippen LogP) is 6.05. The van der Waals surface area contributed by atoms with Gasteiger partial charge in [0.15, 0.2) is 11.7 Å². The summed E-state index contributed by atoms with van der Waals surface area (Å²) in [7, 11) is -4.41. The molecular formula is C29H31ClFN5O4S. The third-order valence-electron chi connectivity index (χ3n) is 7.39. The van der Waals surface area contributed by atoms with Gasteiger partial charge in [-0.25, -0.2) is 18.5 Å². The Kier molecular flexibility index (Phi) is 7.23. The summed E-state index contributed by atoms with van der Waals surface area (Å²) in [4.78, 5) is 19.6. The van der Waals surface area contributed by atoms with E-state index in [0.717, 1.165) is 9.87 Å². The molecule has 3 heterocycles. The lowest BCUT2D eigenvalue weighted by Gasteiger charge is -2.45. The molecule has 1 aromatic heterocycles. The zero-order valence-corrected chi connectivity index (χ0v) is 24.9. The molecule has 0 saturated carbocycles. The van der Waals surface area contributed by atoms with Crippen LogP contribution in [-0.2, 0) is 15.6 Å². The summed E-state index contributed by atoms with van der Waals surface area (Å²) in [5.74, 6) is -0.401. The van der Waals surface area contributed by atoms with E-state index in [9.17, 15) is 22.7 Å². The average Bonchev–Trinajstić information content (AvgIpc) is 2.89. The summed E-state index contributed by atoms with van der Waals surface area (Å²) < 4.78 is 48.5. The van der Waals surface area contributed by atoms with Crippen molar-refractivity contribution < 1.29 is 22.7 Å². The molecule has 2 aliphatic rings. The summed E-state index contributed by atoms with van der Waals surface area (Å²) in [6, 6.07) is 13.9. The number of benzene rings is 2. The van der Waals surface area contributed by atoms with E-state index in [1.54, 1.807) is 49.1 Å². The molecule has 2 aromatic carbocycles. The number of amidine groups is 1. The van der Waals surface area contributed by atoms with Crippen LogP contribution in [0.1, 0.15) is 45.7 Å². The lowest BCUT2D eigenvalue weighted by molar-refractivity contribution is 0.0751. The molecule has 41 heavy (non-hydrogen) atoms. The van der Waals surface area contributed by atoms with Crippen LogP contribution < -0.4 is 4.31 Å². The lowest BCUT2D eigenvalue weighted by atomic mass is 9.86. The van der Waals surface area contributed by atoms with Gasteiger partial charge in [-0.05, 0) is 49.1 Å². The molecule has 12 heteroatoms. The Morgan fingerprint density at radius 1 is 1.02 bits per heavy atom. The molecule has 2 aliphatic heterocycles. The largest absolute Gasteiger partial charge is 0.465 e. The Hall–Kier alpha value is -3.70. The maximum atomic E-state index is 14.9. The van der Waals surface area contributed by atoms with E-state index in [-0.39, 0.29) is 41.0 Å². The van der Waals surface area contributed by atoms with Crippen LogP contribution in [0.4, 0.5) is 20.7 Å². The average molecular weight is 600 g/mol. The van der Waals surface area contributed by atoms with E-state index in [0.29, 0.717) is 11.3 Å². The van der Waals surface area contributed by atoms with Crippen molar-refractivity contribution in [2.75, 3.05) is 17.4 Å². The van der Waals surface area contributed by atoms with Gasteiger partial charge in [-0.3, -0.25) is 0 Å². The molecule has 1 fully saturated rings. The first kappa shape index (κ1) is 28.8. The Balaban J connectivity index is 1.78. The van der Waals surface area contributed by atoms with E-state index >= 15 is 0 Å². The Morgan fingerprint density at radius 2 is 1.68 bits per heavy atom. The van der Waals surface area contributed by atoms with E-state index in [1.807, 2.05) is 32.9 Å². The van der Waals surface area contributed by atoms with Crippen LogP contribution in [0, 0.1) is 5.82 Å². The first-order valence-electron chi connectivity index (χ1n) is 13.2. The van der Waals surface area contributed by atoms with E-state index in [4.69, 9.17) is 16.6 Å². The highest BCUT2D eigenvalue weighted by atomic mass is 35.5. The van der Waals surface area contributed by atoms with Crippen molar-refractivity contribution >= 4 is 45.2 Å². The summed E-state index contributed by atoms with van der Waals surface area (Å²) in [5, 5.41) is 9.75. The van der Waals surface area contributed by atoms with Gasteiger partial charge >= 0.3 is 16.3 Å². The first-order valence-corrected chi connectivity index (χ1v) is 14.9. The van der Waals surface area contributed by atoms with Gasteiger partial charge < -0.3 is 14.9 Å². The standard InChI is InChI=1S/C29H31ClFN5O4S/c1-17-16-35(28(37)38)18(2)15-34(17)27-20-14-22(30)25(19-10-6-8-12-23(19)31)32-26(20)36(41(39,40)33-27)24-13-9-7-11-21(24)29(3,4)5/h6-14,17-18H,15-16H2,1-5H3,(H,37,38)/t17-,18+/m0/s1. The van der Waals surface area contributed by atoms with Crippen molar-refractivity contribution in [3.05, 3.63) is 76.6 Å². The lowest BCUT2D eigenvalue weighted by Crippen LogP contribution is -2.60. The highest BCUT2D eigenvalue weighted by molar-refractivity contribution is 7.92. The highest BCUT2D eigenvalue weighted by Crippen LogP contribution is 2.44. The van der Waals surface area contributed by atoms with Crippen LogP contribution in [0.3, 0.4) is 0 Å². The second-order valence-electron chi connectivity index (χ2n) is 11.4. The number of rotatable bonds is 2. The van der Waals surface area contributed by atoms with Crippen LogP contribution in [0.15, 0.2) is 59.0 Å². The SMILES string of the molecule is C[C@@H]1CN(C2=NS(=O)(=O)N(c3ccccc3C(C)(C)C)c3nc(-c4ccccc4F)c(Cl)cc32)[C@@H](C)CN1C(=O)O. The van der Waals surface area contributed by atoms with Gasteiger partial charge in [0, 0.05) is 30.7 Å². The van der Waals surface area contributed by atoms with Crippen LogP contribution in [0.2, 0.25) is 5.02 Å². The number of halogens is 2. The molecule has 5 rings (SSSR count). The molecule has 9 nitrogen and oxygen atoms in total. The quantitative estimate of drug-likeness (QED) is 0.384. The van der Waals surface area contributed by atoms with Crippen molar-refractivity contribution in [2.45, 2.75) is 52.1 Å². The number of carboxylic acid groups (broad SMARTS) is 1. The molecule has 0 bridgehead atoms. The molecule has 0 spiro atoms. The van der Waals surface area contributed by atoms with E-state index in [1.165, 1.54) is 17.0 Å². The number of nitrogens with zero attached hydrogens (tertiary/aromatic N) is 5. The van der Waals surface area contributed by atoms with Gasteiger partial charge in [0.1, 0.15) is 5.82 Å². The summed E-state index contributed by atoms with van der Waals surface area (Å²) in [5.41, 5.74) is 1.24. The minimum atomic E-state index is -4.41. The van der Waals surface area contributed by atoms with Crippen molar-refractivity contribution in [2.24, 2.45) is 4.40 Å². The molecule has 1 N–H and O–H groups in total. The fraction of sp³-hybridized carbons (Fsp3) is 0.345. The number of fused-ring (bicyclic) bond motifs is 1. The molecular weight excluding hydrogens is 569 g/mol. The van der Waals surface area contributed by atoms with Gasteiger partial charge in [0.2, 0.25) is 0 Å². The maximum Gasteiger partial charge on any atom is 0.407 e. The van der Waals surface area contributed by atoms with Crippen molar-refractivity contribution in [3.8, 4) is 11.3 Å². The Labute approximate surface area is 244 Å². The molecule has 0 unspecified atom stereocenters. The van der Waals surface area contributed by atoms with Crippen molar-refractivity contribution in [1.82, 2.24) is 14.8 Å². The summed E-state index contributed by atoms with van der Waals surface area (Å²) in [6.07, 6.45) is -1.05. The smallest absolute Gasteiger partial charge is 0.407 e. The normalized spacial score (nSPS) is 20.5. The van der Waals surface area contributed by atoms with Gasteiger partial charge in [0.25, 0.3) is 0 Å². The number of hydrogen-bond donors (Lipinski definition) is 1. The van der Waals surface area contributed by atoms with Gasteiger partial charge in [-0.15, -0.1) is 4.40 Å². The predicted molar refractivity (Wildman–Crippen MR) is 158 cm³/mol. The number of piperazine rings is 1. The van der Waals surface area contributed by atoms with Crippen LogP contribution >= 0.6 is 11.6 Å². The monoisotopic (exact) mass is 599 g/mol. The molecule has 0 radical (unpaired) electrons. The van der Waals surface area contributed by atoms with E-state index < -0.39 is 39.6 Å². The fourth-order valence-electron chi connectivity index (χ4n) is 5.37. The molecule has 3 aromatic rings.